The Morgan fingerprint density at radius 3 is 2.26 bits per heavy atom. The van der Waals surface area contributed by atoms with Gasteiger partial charge in [0.15, 0.2) is 0 Å². The Balaban J connectivity index is 1.61. The van der Waals surface area contributed by atoms with Crippen molar-refractivity contribution in [2.45, 2.75) is 0 Å². The highest BCUT2D eigenvalue weighted by Gasteiger charge is 2.15. The van der Waals surface area contributed by atoms with Gasteiger partial charge in [-0.05, 0) is 58.3 Å². The monoisotopic (exact) mass is 461 g/mol. The molecule has 2 aromatic heterocycles. The molecule has 5 aromatic carbocycles. The Kier molecular flexibility index (Phi) is 3.44. The van der Waals surface area contributed by atoms with Crippen molar-refractivity contribution in [3.63, 3.8) is 0 Å². The number of rotatable bonds is 1. The summed E-state index contributed by atoms with van der Waals surface area (Å²) in [5, 5.41) is 7.30. The van der Waals surface area contributed by atoms with Crippen LogP contribution in [-0.2, 0) is 0 Å². The van der Waals surface area contributed by atoms with Crippen molar-refractivity contribution >= 4 is 70.4 Å². The molecule has 3 heteroatoms. The Bertz CT molecular complexity index is 1810. The first-order valence-corrected chi connectivity index (χ1v) is 11.1. The zero-order valence-electron chi connectivity index (χ0n) is 16.4. The van der Waals surface area contributed by atoms with Crippen LogP contribution in [0.15, 0.2) is 99.9 Å². The van der Waals surface area contributed by atoms with Crippen LogP contribution in [0.4, 0.5) is 0 Å². The van der Waals surface area contributed by atoms with E-state index in [1.807, 2.05) is 12.1 Å². The van der Waals surface area contributed by atoms with E-state index in [0.717, 1.165) is 37.4 Å². The summed E-state index contributed by atoms with van der Waals surface area (Å²) in [6.45, 7) is 0. The van der Waals surface area contributed by atoms with Crippen molar-refractivity contribution in [3.05, 3.63) is 95.5 Å². The molecule has 31 heavy (non-hydrogen) atoms. The van der Waals surface area contributed by atoms with Crippen molar-refractivity contribution in [3.8, 4) is 11.1 Å². The van der Waals surface area contributed by atoms with E-state index in [2.05, 4.69) is 99.8 Å². The van der Waals surface area contributed by atoms with E-state index in [0.29, 0.717) is 0 Å². The van der Waals surface area contributed by atoms with Gasteiger partial charge >= 0.3 is 0 Å². The maximum atomic E-state index is 6.04. The third-order valence-corrected chi connectivity index (χ3v) is 6.93. The van der Waals surface area contributed by atoms with Crippen molar-refractivity contribution < 1.29 is 4.42 Å². The lowest BCUT2D eigenvalue weighted by Gasteiger charge is -2.09. The number of para-hydroxylation sites is 1. The Morgan fingerprint density at radius 1 is 0.581 bits per heavy atom. The van der Waals surface area contributed by atoms with Crippen molar-refractivity contribution in [1.82, 2.24) is 4.98 Å². The van der Waals surface area contributed by atoms with Gasteiger partial charge in [-0.25, -0.2) is 0 Å². The van der Waals surface area contributed by atoms with Crippen LogP contribution in [0.1, 0.15) is 0 Å². The fraction of sp³-hybridized carbons (Fsp3) is 0. The van der Waals surface area contributed by atoms with Crippen LogP contribution >= 0.6 is 15.9 Å². The van der Waals surface area contributed by atoms with Crippen LogP contribution in [0.25, 0.3) is 65.6 Å². The molecule has 0 bridgehead atoms. The summed E-state index contributed by atoms with van der Waals surface area (Å²) in [6, 6.07) is 32.0. The number of aromatic nitrogens is 1. The molecule has 0 aliphatic carbocycles. The molecule has 146 valence electrons. The minimum absolute atomic E-state index is 0.921. The lowest BCUT2D eigenvalue weighted by atomic mass is 9.94. The molecular formula is C28H16BrNO. The molecule has 7 aromatic rings. The number of hydrogen-bond acceptors (Lipinski definition) is 1. The van der Waals surface area contributed by atoms with Crippen LogP contribution in [0, 0.1) is 0 Å². The molecule has 0 fully saturated rings. The molecular weight excluding hydrogens is 446 g/mol. The average molecular weight is 462 g/mol. The van der Waals surface area contributed by atoms with Gasteiger partial charge in [-0.1, -0.05) is 70.5 Å². The van der Waals surface area contributed by atoms with Gasteiger partial charge in [-0.3, -0.25) is 0 Å². The number of nitrogens with one attached hydrogen (secondary N) is 1. The second-order valence-corrected chi connectivity index (χ2v) is 8.84. The number of benzene rings is 5. The van der Waals surface area contributed by atoms with Crippen LogP contribution in [0.3, 0.4) is 0 Å². The number of fused-ring (bicyclic) bond motifs is 8. The Hall–Kier alpha value is -3.56. The standard InChI is InChI=1S/C28H16BrNO/c29-22-9-5-10-23-28(22)27-19-8-2-1-6-17(19)20(15-24(27)30-23)16-12-13-26-21(14-16)18-7-3-4-11-25(18)31-26/h1-15,30H. The van der Waals surface area contributed by atoms with E-state index in [1.165, 1.54) is 32.7 Å². The van der Waals surface area contributed by atoms with E-state index in [-0.39, 0.29) is 0 Å². The minimum atomic E-state index is 0.921. The zero-order valence-corrected chi connectivity index (χ0v) is 18.0. The molecule has 0 aliphatic heterocycles. The smallest absolute Gasteiger partial charge is 0.135 e. The summed E-state index contributed by atoms with van der Waals surface area (Å²) in [5.41, 5.74) is 6.55. The van der Waals surface area contributed by atoms with E-state index in [4.69, 9.17) is 4.42 Å². The molecule has 0 amide bonds. The third kappa shape index (κ3) is 2.38. The number of furan rings is 1. The highest BCUT2D eigenvalue weighted by atomic mass is 79.9. The summed E-state index contributed by atoms with van der Waals surface area (Å²) in [6.07, 6.45) is 0. The molecule has 1 N–H and O–H groups in total. The highest BCUT2D eigenvalue weighted by Crippen LogP contribution is 2.41. The second-order valence-electron chi connectivity index (χ2n) is 7.99. The summed E-state index contributed by atoms with van der Waals surface area (Å²) >= 11 is 3.76. The number of hydrogen-bond donors (Lipinski definition) is 1. The molecule has 0 unspecified atom stereocenters. The lowest BCUT2D eigenvalue weighted by Crippen LogP contribution is -1.84. The van der Waals surface area contributed by atoms with E-state index in [1.54, 1.807) is 0 Å². The van der Waals surface area contributed by atoms with Gasteiger partial charge in [0.25, 0.3) is 0 Å². The van der Waals surface area contributed by atoms with Gasteiger partial charge in [-0.2, -0.15) is 0 Å². The third-order valence-electron chi connectivity index (χ3n) is 6.27. The summed E-state index contributed by atoms with van der Waals surface area (Å²) in [4.78, 5) is 3.63. The normalized spacial score (nSPS) is 12.0. The molecule has 2 heterocycles. The molecule has 0 atom stereocenters. The maximum absolute atomic E-state index is 6.04. The molecule has 2 nitrogen and oxygen atoms in total. The van der Waals surface area contributed by atoms with Crippen LogP contribution < -0.4 is 0 Å². The van der Waals surface area contributed by atoms with Crippen molar-refractivity contribution in [1.29, 1.82) is 0 Å². The van der Waals surface area contributed by atoms with E-state index in [9.17, 15) is 0 Å². The molecule has 7 rings (SSSR count). The first-order chi connectivity index (χ1) is 15.3. The summed E-state index contributed by atoms with van der Waals surface area (Å²) < 4.78 is 7.15. The topological polar surface area (TPSA) is 28.9 Å². The number of halogens is 1. The van der Waals surface area contributed by atoms with Gasteiger partial charge in [0, 0.05) is 37.1 Å². The quantitative estimate of drug-likeness (QED) is 0.260. The van der Waals surface area contributed by atoms with Crippen molar-refractivity contribution in [2.24, 2.45) is 0 Å². The molecule has 0 spiro atoms. The molecule has 0 radical (unpaired) electrons. The van der Waals surface area contributed by atoms with Gasteiger partial charge in [-0.15, -0.1) is 0 Å². The predicted molar refractivity (Wildman–Crippen MR) is 134 cm³/mol. The highest BCUT2D eigenvalue weighted by molar-refractivity contribution is 9.10. The summed E-state index contributed by atoms with van der Waals surface area (Å²) in [7, 11) is 0. The van der Waals surface area contributed by atoms with Crippen molar-refractivity contribution in [2.75, 3.05) is 0 Å². The Labute approximate surface area is 186 Å². The van der Waals surface area contributed by atoms with E-state index < -0.39 is 0 Å². The average Bonchev–Trinajstić information content (AvgIpc) is 3.37. The summed E-state index contributed by atoms with van der Waals surface area (Å²) in [5.74, 6) is 0. The number of aromatic amines is 1. The molecule has 0 saturated carbocycles. The van der Waals surface area contributed by atoms with Gasteiger partial charge in [0.1, 0.15) is 11.2 Å². The maximum Gasteiger partial charge on any atom is 0.135 e. The fourth-order valence-electron chi connectivity index (χ4n) is 4.90. The first kappa shape index (κ1) is 17.2. The second kappa shape index (κ2) is 6.22. The Morgan fingerprint density at radius 2 is 1.35 bits per heavy atom. The predicted octanol–water partition coefficient (Wildman–Crippen LogP) is 8.80. The zero-order chi connectivity index (χ0) is 20.5. The van der Waals surface area contributed by atoms with Crippen LogP contribution in [0.5, 0.6) is 0 Å². The van der Waals surface area contributed by atoms with Crippen LogP contribution in [0.2, 0.25) is 0 Å². The first-order valence-electron chi connectivity index (χ1n) is 10.3. The van der Waals surface area contributed by atoms with Gasteiger partial charge in [0.05, 0.1) is 0 Å². The number of H-pyrrole nitrogens is 1. The fourth-order valence-corrected chi connectivity index (χ4v) is 5.47. The van der Waals surface area contributed by atoms with Crippen LogP contribution in [-0.4, -0.2) is 4.98 Å². The SMILES string of the molecule is Brc1cccc2[nH]c3cc(-c4ccc5oc6ccccc6c5c4)c4ccccc4c3c12. The molecule has 0 saturated heterocycles. The van der Waals surface area contributed by atoms with E-state index >= 15 is 0 Å². The largest absolute Gasteiger partial charge is 0.456 e. The lowest BCUT2D eigenvalue weighted by molar-refractivity contribution is 0.669. The van der Waals surface area contributed by atoms with Gasteiger partial charge < -0.3 is 9.40 Å². The molecule has 0 aliphatic rings. The minimum Gasteiger partial charge on any atom is -0.456 e. The van der Waals surface area contributed by atoms with Gasteiger partial charge in [0.2, 0.25) is 0 Å².